The number of thiophene rings is 1. The van der Waals surface area contributed by atoms with Crippen LogP contribution in [0.3, 0.4) is 0 Å². The summed E-state index contributed by atoms with van der Waals surface area (Å²) in [5.74, 6) is 1.37. The fourth-order valence-corrected chi connectivity index (χ4v) is 2.30. The maximum absolute atomic E-state index is 11.0. The second kappa shape index (κ2) is 7.69. The van der Waals surface area contributed by atoms with Crippen LogP contribution in [0.5, 0.6) is 11.5 Å². The Labute approximate surface area is 122 Å². The van der Waals surface area contributed by atoms with E-state index < -0.39 is 12.7 Å². The summed E-state index contributed by atoms with van der Waals surface area (Å²) in [5, 5.41) is 23.2. The van der Waals surface area contributed by atoms with Gasteiger partial charge in [-0.25, -0.2) is 0 Å². The van der Waals surface area contributed by atoms with Crippen LogP contribution >= 0.6 is 11.3 Å². The molecule has 0 aromatic carbocycles. The molecular formula is C9H10Li2O4S. The SMILES string of the molecule is [Li+].[Li+].[O-]CC([O-])Cc1scc2c1OCCO2. The molecule has 1 aliphatic rings. The Kier molecular flexibility index (Phi) is 7.88. The summed E-state index contributed by atoms with van der Waals surface area (Å²) >= 11 is 1.42. The van der Waals surface area contributed by atoms with Crippen molar-refractivity contribution >= 4 is 11.3 Å². The van der Waals surface area contributed by atoms with Crippen LogP contribution < -0.4 is 57.4 Å². The van der Waals surface area contributed by atoms with E-state index in [1.807, 2.05) is 5.38 Å². The predicted octanol–water partition coefficient (Wildman–Crippen LogP) is -6.84. The molecule has 7 heteroatoms. The van der Waals surface area contributed by atoms with Gasteiger partial charge in [-0.15, -0.1) is 17.4 Å². The molecule has 0 fully saturated rings. The van der Waals surface area contributed by atoms with Crippen LogP contribution in [-0.2, 0) is 6.42 Å². The van der Waals surface area contributed by atoms with E-state index in [0.29, 0.717) is 24.7 Å². The van der Waals surface area contributed by atoms with E-state index in [9.17, 15) is 10.2 Å². The Hall–Kier alpha value is 0.415. The van der Waals surface area contributed by atoms with Gasteiger partial charge in [0.2, 0.25) is 0 Å². The number of hydrogen-bond acceptors (Lipinski definition) is 5. The van der Waals surface area contributed by atoms with E-state index in [-0.39, 0.29) is 44.1 Å². The average molecular weight is 228 g/mol. The average Bonchev–Trinajstić information content (AvgIpc) is 2.62. The minimum Gasteiger partial charge on any atom is -0.855 e. The molecule has 1 aromatic rings. The second-order valence-corrected chi connectivity index (χ2v) is 4.01. The molecule has 1 aliphatic heterocycles. The summed E-state index contributed by atoms with van der Waals surface area (Å²) in [7, 11) is 0. The maximum Gasteiger partial charge on any atom is 1.00 e. The van der Waals surface area contributed by atoms with Crippen LogP contribution in [0.2, 0.25) is 0 Å². The smallest absolute Gasteiger partial charge is 0.855 e. The summed E-state index contributed by atoms with van der Waals surface area (Å²) in [5.41, 5.74) is 0. The van der Waals surface area contributed by atoms with E-state index in [1.54, 1.807) is 0 Å². The largest absolute Gasteiger partial charge is 1.00 e. The second-order valence-electron chi connectivity index (χ2n) is 3.04. The molecule has 0 spiro atoms. The Bertz CT molecular complexity index is 318. The van der Waals surface area contributed by atoms with Gasteiger partial charge in [0.25, 0.3) is 0 Å². The first-order chi connectivity index (χ1) is 6.81. The van der Waals surface area contributed by atoms with Crippen LogP contribution in [-0.4, -0.2) is 25.9 Å². The minimum atomic E-state index is -1.08. The van der Waals surface area contributed by atoms with Crippen molar-refractivity contribution in [2.75, 3.05) is 19.8 Å². The zero-order chi connectivity index (χ0) is 9.97. The third-order valence-electron chi connectivity index (χ3n) is 1.97. The van der Waals surface area contributed by atoms with Gasteiger partial charge in [0.1, 0.15) is 13.2 Å². The van der Waals surface area contributed by atoms with Gasteiger partial charge in [0, 0.05) is 10.3 Å². The maximum atomic E-state index is 11.0. The summed E-state index contributed by atoms with van der Waals surface area (Å²) in [6.07, 6.45) is -0.837. The number of ether oxygens (including phenoxy) is 2. The molecule has 1 aromatic heterocycles. The zero-order valence-electron chi connectivity index (χ0n) is 9.52. The van der Waals surface area contributed by atoms with Crippen LogP contribution in [0, 0.1) is 0 Å². The molecule has 0 aliphatic carbocycles. The first kappa shape index (κ1) is 16.4. The molecule has 0 saturated heterocycles. The molecule has 0 N–H and O–H groups in total. The van der Waals surface area contributed by atoms with Gasteiger partial charge < -0.3 is 19.7 Å². The molecule has 2 heterocycles. The zero-order valence-corrected chi connectivity index (χ0v) is 10.3. The fourth-order valence-electron chi connectivity index (χ4n) is 1.32. The van der Waals surface area contributed by atoms with Crippen molar-refractivity contribution in [3.8, 4) is 11.5 Å². The van der Waals surface area contributed by atoms with Gasteiger partial charge >= 0.3 is 37.7 Å². The molecule has 0 amide bonds. The van der Waals surface area contributed by atoms with E-state index in [0.717, 1.165) is 4.88 Å². The van der Waals surface area contributed by atoms with Gasteiger partial charge in [0.05, 0.1) is 0 Å². The van der Waals surface area contributed by atoms with Gasteiger partial charge in [-0.3, -0.25) is 0 Å². The van der Waals surface area contributed by atoms with Crippen molar-refractivity contribution in [3.63, 3.8) is 0 Å². The van der Waals surface area contributed by atoms with Crippen molar-refractivity contribution in [1.29, 1.82) is 0 Å². The number of fused-ring (bicyclic) bond motifs is 1. The van der Waals surface area contributed by atoms with Crippen molar-refractivity contribution in [3.05, 3.63) is 10.3 Å². The molecule has 4 nitrogen and oxygen atoms in total. The van der Waals surface area contributed by atoms with Crippen LogP contribution in [0.25, 0.3) is 0 Å². The van der Waals surface area contributed by atoms with Gasteiger partial charge in [-0.2, -0.15) is 6.61 Å². The minimum absolute atomic E-state index is 0. The molecule has 78 valence electrons. The topological polar surface area (TPSA) is 64.6 Å². The molecular weight excluding hydrogens is 218 g/mol. The summed E-state index contributed by atoms with van der Waals surface area (Å²) in [4.78, 5) is 0.829. The Balaban J connectivity index is 0.00000112. The molecule has 1 atom stereocenters. The van der Waals surface area contributed by atoms with E-state index in [4.69, 9.17) is 9.47 Å². The summed E-state index contributed by atoms with van der Waals surface area (Å²) in [6, 6.07) is 0. The van der Waals surface area contributed by atoms with Gasteiger partial charge in [0.15, 0.2) is 11.5 Å². The van der Waals surface area contributed by atoms with E-state index in [2.05, 4.69) is 0 Å². The third-order valence-corrected chi connectivity index (χ3v) is 2.94. The predicted molar refractivity (Wildman–Crippen MR) is 47.7 cm³/mol. The molecule has 0 radical (unpaired) electrons. The first-order valence-corrected chi connectivity index (χ1v) is 5.29. The third kappa shape index (κ3) is 3.72. The van der Waals surface area contributed by atoms with Crippen LogP contribution in [0.15, 0.2) is 5.38 Å². The monoisotopic (exact) mass is 228 g/mol. The standard InChI is InChI=1S/C9H10O4S.2Li/c10-4-6(11)3-8-9-7(5-14-8)12-1-2-13-9;;/h5-6H,1-4H2;;/q-2;2*+1. The van der Waals surface area contributed by atoms with Crippen molar-refractivity contribution in [2.45, 2.75) is 12.5 Å². The summed E-state index contributed by atoms with van der Waals surface area (Å²) < 4.78 is 10.7. The molecule has 1 unspecified atom stereocenters. The Morgan fingerprint density at radius 2 is 2.00 bits per heavy atom. The number of hydrogen-bond donors (Lipinski definition) is 0. The van der Waals surface area contributed by atoms with Gasteiger partial charge in [-0.05, 0) is 6.42 Å². The Morgan fingerprint density at radius 1 is 1.31 bits per heavy atom. The summed E-state index contributed by atoms with van der Waals surface area (Å²) in [6.45, 7) is 0.469. The van der Waals surface area contributed by atoms with Crippen molar-refractivity contribution in [2.24, 2.45) is 0 Å². The van der Waals surface area contributed by atoms with Crippen LogP contribution in [0.1, 0.15) is 4.88 Å². The fraction of sp³-hybridized carbons (Fsp3) is 0.556. The van der Waals surface area contributed by atoms with Crippen molar-refractivity contribution < 1.29 is 57.4 Å². The first-order valence-electron chi connectivity index (χ1n) is 4.41. The quantitative estimate of drug-likeness (QED) is 0.482. The van der Waals surface area contributed by atoms with E-state index >= 15 is 0 Å². The van der Waals surface area contributed by atoms with Crippen LogP contribution in [0.4, 0.5) is 0 Å². The van der Waals surface area contributed by atoms with E-state index in [1.165, 1.54) is 11.3 Å². The van der Waals surface area contributed by atoms with Crippen molar-refractivity contribution in [1.82, 2.24) is 0 Å². The number of rotatable bonds is 3. The molecule has 0 bridgehead atoms. The van der Waals surface area contributed by atoms with Gasteiger partial charge in [-0.1, -0.05) is 0 Å². The molecule has 16 heavy (non-hydrogen) atoms. The normalized spacial score (nSPS) is 14.6. The molecule has 2 rings (SSSR count). The Morgan fingerprint density at radius 3 is 2.69 bits per heavy atom. The molecule has 0 saturated carbocycles.